The van der Waals surface area contributed by atoms with Gasteiger partial charge in [0.05, 0.1) is 15.3 Å². The highest BCUT2D eigenvalue weighted by Crippen LogP contribution is 2.27. The van der Waals surface area contributed by atoms with Crippen LogP contribution in [0.5, 0.6) is 0 Å². The van der Waals surface area contributed by atoms with Crippen LogP contribution < -0.4 is 22.0 Å². The van der Waals surface area contributed by atoms with Crippen LogP contribution in [0.4, 0.5) is 17.5 Å². The molecule has 0 unspecified atom stereocenters. The van der Waals surface area contributed by atoms with Crippen molar-refractivity contribution in [2.24, 2.45) is 5.90 Å². The Bertz CT molecular complexity index is 1340. The average molecular weight is 505 g/mol. The Morgan fingerprint density at radius 1 is 0.941 bits per heavy atom. The molecule has 3 aromatic carbocycles. The molecular weight excluding hydrogens is 480 g/mol. The van der Waals surface area contributed by atoms with Crippen molar-refractivity contribution in [1.82, 2.24) is 9.97 Å². The molecular formula is C22H25ClN6O4S. The van der Waals surface area contributed by atoms with Crippen molar-refractivity contribution in [3.8, 4) is 0 Å². The van der Waals surface area contributed by atoms with E-state index < -0.39 is 9.84 Å². The predicted octanol–water partition coefficient (Wildman–Crippen LogP) is 3.24. The van der Waals surface area contributed by atoms with Gasteiger partial charge < -0.3 is 15.8 Å². The average Bonchev–Trinajstić information content (AvgIpc) is 2.85. The molecule has 0 aliphatic heterocycles. The van der Waals surface area contributed by atoms with Crippen molar-refractivity contribution in [2.75, 3.05) is 23.2 Å². The Morgan fingerprint density at radius 3 is 2.18 bits per heavy atom. The number of nitrogens with one attached hydrogen (secondary N) is 1. The summed E-state index contributed by atoms with van der Waals surface area (Å²) in [6.07, 6.45) is 0. The number of sulfone groups is 1. The Balaban J connectivity index is 0.00000133. The molecule has 1 aromatic heterocycles. The molecule has 12 heteroatoms. The van der Waals surface area contributed by atoms with E-state index in [1.807, 2.05) is 24.1 Å². The van der Waals surface area contributed by atoms with Crippen LogP contribution in [0.3, 0.4) is 0 Å². The minimum absolute atomic E-state index is 0. The van der Waals surface area contributed by atoms with Crippen LogP contribution >= 0.6 is 12.4 Å². The summed E-state index contributed by atoms with van der Waals surface area (Å²) in [6, 6.07) is 20.8. The molecule has 180 valence electrons. The van der Waals surface area contributed by atoms with E-state index in [9.17, 15) is 13.6 Å². The third-order valence-corrected chi connectivity index (χ3v) is 6.74. The van der Waals surface area contributed by atoms with E-state index in [2.05, 4.69) is 21.3 Å². The van der Waals surface area contributed by atoms with Crippen LogP contribution in [0.2, 0.25) is 0 Å². The van der Waals surface area contributed by atoms with Crippen LogP contribution in [0.15, 0.2) is 82.6 Å². The molecule has 0 spiro atoms. The van der Waals surface area contributed by atoms with Gasteiger partial charge in [-0.25, -0.2) is 19.3 Å². The van der Waals surface area contributed by atoms with E-state index in [1.165, 1.54) is 0 Å². The second-order valence-electron chi connectivity index (χ2n) is 7.06. The third-order valence-electron chi connectivity index (χ3n) is 4.95. The second kappa shape index (κ2) is 11.6. The quantitative estimate of drug-likeness (QED) is 0.246. The Labute approximate surface area is 203 Å². The maximum atomic E-state index is 12.7. The van der Waals surface area contributed by atoms with E-state index in [0.717, 1.165) is 11.3 Å². The molecule has 0 aliphatic rings. The van der Waals surface area contributed by atoms with Crippen molar-refractivity contribution in [3.05, 3.63) is 78.4 Å². The lowest BCUT2D eigenvalue weighted by atomic mass is 10.1. The van der Waals surface area contributed by atoms with Crippen molar-refractivity contribution >= 4 is 50.6 Å². The SMILES string of the molecule is CN(Cc1ccc(S(=O)(=O)c2ccccc2)cc1)c1ccc2nc(N)nc(NO)c2c1.Cl.NO. The van der Waals surface area contributed by atoms with Gasteiger partial charge in [-0.1, -0.05) is 30.3 Å². The summed E-state index contributed by atoms with van der Waals surface area (Å²) in [6.45, 7) is 0.550. The first-order chi connectivity index (χ1) is 15.9. The lowest BCUT2D eigenvalue weighted by Crippen LogP contribution is -2.16. The number of hydrogen-bond acceptors (Lipinski definition) is 10. The van der Waals surface area contributed by atoms with Crippen LogP contribution in [0.25, 0.3) is 10.9 Å². The van der Waals surface area contributed by atoms with E-state index >= 15 is 0 Å². The molecule has 0 radical (unpaired) electrons. The zero-order chi connectivity index (χ0) is 24.0. The van der Waals surface area contributed by atoms with Crippen LogP contribution in [0.1, 0.15) is 5.56 Å². The van der Waals surface area contributed by atoms with E-state index in [1.54, 1.807) is 60.7 Å². The molecule has 0 amide bonds. The van der Waals surface area contributed by atoms with Crippen molar-refractivity contribution < 1.29 is 18.8 Å². The molecule has 0 saturated heterocycles. The summed E-state index contributed by atoms with van der Waals surface area (Å²) < 4.78 is 25.5. The Kier molecular flexibility index (Phi) is 9.12. The van der Waals surface area contributed by atoms with E-state index in [4.69, 9.17) is 10.9 Å². The van der Waals surface area contributed by atoms with Gasteiger partial charge in [-0.3, -0.25) is 10.7 Å². The van der Waals surface area contributed by atoms with Crippen molar-refractivity contribution in [2.45, 2.75) is 16.3 Å². The van der Waals surface area contributed by atoms with Gasteiger partial charge in [-0.15, -0.1) is 12.4 Å². The highest BCUT2D eigenvalue weighted by Gasteiger charge is 2.17. The van der Waals surface area contributed by atoms with Gasteiger partial charge in [0, 0.05) is 24.7 Å². The molecule has 0 fully saturated rings. The van der Waals surface area contributed by atoms with Gasteiger partial charge in [0.2, 0.25) is 15.8 Å². The van der Waals surface area contributed by atoms with Crippen LogP contribution in [-0.2, 0) is 16.4 Å². The molecule has 1 heterocycles. The van der Waals surface area contributed by atoms with Crippen LogP contribution in [-0.4, -0.2) is 35.8 Å². The minimum Gasteiger partial charge on any atom is -0.370 e. The predicted molar refractivity (Wildman–Crippen MR) is 133 cm³/mol. The summed E-state index contributed by atoms with van der Waals surface area (Å²) in [5.41, 5.74) is 10.1. The fourth-order valence-electron chi connectivity index (χ4n) is 3.33. The monoisotopic (exact) mass is 504 g/mol. The maximum Gasteiger partial charge on any atom is 0.222 e. The van der Waals surface area contributed by atoms with E-state index in [0.29, 0.717) is 17.4 Å². The van der Waals surface area contributed by atoms with Gasteiger partial charge in [0.1, 0.15) is 0 Å². The number of fused-ring (bicyclic) bond motifs is 1. The molecule has 4 aromatic rings. The molecule has 10 nitrogen and oxygen atoms in total. The lowest BCUT2D eigenvalue weighted by Gasteiger charge is -2.20. The standard InChI is InChI=1S/C22H21N5O3S.ClH.H3NO/c1-27(16-9-12-20-19(13-16)21(26-28)25-22(23)24-20)14-15-7-10-18(11-8-15)31(29,30)17-5-3-2-4-6-17;;1-2/h2-13,28H,14H2,1H3,(H3,23,24,25,26);1H;2H,1H2. The largest absolute Gasteiger partial charge is 0.370 e. The second-order valence-corrected chi connectivity index (χ2v) is 9.01. The topological polar surface area (TPSA) is 168 Å². The number of halogens is 1. The maximum absolute atomic E-state index is 12.7. The van der Waals surface area contributed by atoms with Crippen LogP contribution in [0, 0.1) is 0 Å². The van der Waals surface area contributed by atoms with Gasteiger partial charge in [-0.2, -0.15) is 4.98 Å². The number of nitrogens with zero attached hydrogens (tertiary/aromatic N) is 3. The van der Waals surface area contributed by atoms with Gasteiger partial charge in [-0.05, 0) is 48.0 Å². The zero-order valence-electron chi connectivity index (χ0n) is 18.2. The number of rotatable bonds is 6. The Hall–Kier alpha value is -3.48. The fraction of sp³-hybridized carbons (Fsp3) is 0.0909. The highest BCUT2D eigenvalue weighted by molar-refractivity contribution is 7.91. The molecule has 0 atom stereocenters. The van der Waals surface area contributed by atoms with Crippen molar-refractivity contribution in [1.29, 1.82) is 0 Å². The molecule has 0 saturated carbocycles. The summed E-state index contributed by atoms with van der Waals surface area (Å²) in [7, 11) is -1.62. The minimum atomic E-state index is -3.54. The third kappa shape index (κ3) is 5.71. The number of hydrogen-bond donors (Lipinski definition) is 5. The summed E-state index contributed by atoms with van der Waals surface area (Å²) in [4.78, 5) is 10.7. The summed E-state index contributed by atoms with van der Waals surface area (Å²) >= 11 is 0. The zero-order valence-corrected chi connectivity index (χ0v) is 19.8. The number of nitrogens with two attached hydrogens (primary N) is 2. The number of nitrogen functional groups attached to an aromatic ring is 1. The molecule has 0 bridgehead atoms. The number of anilines is 3. The summed E-state index contributed by atoms with van der Waals surface area (Å²) in [5.74, 6) is 3.80. The first-order valence-corrected chi connectivity index (χ1v) is 11.2. The Morgan fingerprint density at radius 2 is 1.56 bits per heavy atom. The number of benzene rings is 3. The summed E-state index contributed by atoms with van der Waals surface area (Å²) in [5, 5.41) is 16.5. The molecule has 4 rings (SSSR count). The highest BCUT2D eigenvalue weighted by atomic mass is 35.5. The first kappa shape index (κ1) is 26.8. The molecule has 7 N–H and O–H groups in total. The van der Waals surface area contributed by atoms with Gasteiger partial charge >= 0.3 is 0 Å². The fourth-order valence-corrected chi connectivity index (χ4v) is 4.61. The van der Waals surface area contributed by atoms with Gasteiger partial charge in [0.25, 0.3) is 0 Å². The molecule has 0 aliphatic carbocycles. The van der Waals surface area contributed by atoms with Gasteiger partial charge in [0.15, 0.2) is 5.82 Å². The first-order valence-electron chi connectivity index (χ1n) is 9.72. The molecule has 34 heavy (non-hydrogen) atoms. The normalized spacial score (nSPS) is 10.6. The van der Waals surface area contributed by atoms with E-state index in [-0.39, 0.29) is 34.0 Å². The van der Waals surface area contributed by atoms with Crippen molar-refractivity contribution in [3.63, 3.8) is 0 Å². The lowest BCUT2D eigenvalue weighted by molar-refractivity contribution is 0.311. The smallest absolute Gasteiger partial charge is 0.222 e. The number of aromatic nitrogens is 2.